The van der Waals surface area contributed by atoms with Crippen molar-refractivity contribution in [3.63, 3.8) is 0 Å². The number of hydrogen-bond donors (Lipinski definition) is 1. The molecule has 128 valence electrons. The third-order valence-corrected chi connectivity index (χ3v) is 6.42. The molecule has 0 spiro atoms. The van der Waals surface area contributed by atoms with Gasteiger partial charge >= 0.3 is 6.03 Å². The number of urea groups is 1. The van der Waals surface area contributed by atoms with E-state index < -0.39 is 15.1 Å². The predicted octanol–water partition coefficient (Wildman–Crippen LogP) is 1.33. The maximum absolute atomic E-state index is 12.1. The van der Waals surface area contributed by atoms with Gasteiger partial charge in [0.1, 0.15) is 0 Å². The van der Waals surface area contributed by atoms with Gasteiger partial charge < -0.3 is 10.2 Å². The van der Waals surface area contributed by atoms with Gasteiger partial charge in [-0.25, -0.2) is 13.2 Å². The minimum atomic E-state index is -3.08. The number of carbonyl (C=O) groups is 1. The van der Waals surface area contributed by atoms with Crippen molar-refractivity contribution in [2.24, 2.45) is 0 Å². The van der Waals surface area contributed by atoms with Gasteiger partial charge in [-0.2, -0.15) is 5.10 Å². The average Bonchev–Trinajstić information content (AvgIpc) is 3.22. The van der Waals surface area contributed by atoms with Crippen LogP contribution in [-0.4, -0.2) is 53.7 Å². The van der Waals surface area contributed by atoms with E-state index in [2.05, 4.69) is 10.4 Å². The lowest BCUT2D eigenvalue weighted by Crippen LogP contribution is -2.39. The van der Waals surface area contributed by atoms with Gasteiger partial charge in [-0.3, -0.25) is 4.68 Å². The second-order valence-electron chi connectivity index (χ2n) is 6.57. The van der Waals surface area contributed by atoms with Gasteiger partial charge in [0, 0.05) is 25.5 Å². The standard InChI is InChI=1S/C15H24N4O3S/c1-23(21,22)14-7-8-18(11-14)15(20)16-10-12-6-9-19(17-12)13-4-2-3-5-13/h6,9,13-14H,2-5,7-8,10-11H2,1H3,(H,16,20). The Hall–Kier alpha value is -1.57. The van der Waals surface area contributed by atoms with Crippen molar-refractivity contribution in [1.82, 2.24) is 20.0 Å². The quantitative estimate of drug-likeness (QED) is 0.896. The molecule has 23 heavy (non-hydrogen) atoms. The lowest BCUT2D eigenvalue weighted by molar-refractivity contribution is 0.208. The molecule has 1 aromatic rings. The van der Waals surface area contributed by atoms with E-state index in [1.54, 1.807) is 4.90 Å². The predicted molar refractivity (Wildman–Crippen MR) is 86.8 cm³/mol. The van der Waals surface area contributed by atoms with Crippen LogP contribution >= 0.6 is 0 Å². The van der Waals surface area contributed by atoms with E-state index in [4.69, 9.17) is 0 Å². The Balaban J connectivity index is 1.50. The van der Waals surface area contributed by atoms with Crippen molar-refractivity contribution in [3.05, 3.63) is 18.0 Å². The summed E-state index contributed by atoms with van der Waals surface area (Å²) in [4.78, 5) is 13.7. The van der Waals surface area contributed by atoms with Gasteiger partial charge in [-0.1, -0.05) is 12.8 Å². The van der Waals surface area contributed by atoms with E-state index in [0.29, 0.717) is 25.6 Å². The van der Waals surface area contributed by atoms with E-state index in [0.717, 1.165) is 5.69 Å². The molecule has 1 saturated heterocycles. The van der Waals surface area contributed by atoms with Crippen molar-refractivity contribution < 1.29 is 13.2 Å². The molecule has 1 aromatic heterocycles. The van der Waals surface area contributed by atoms with Crippen LogP contribution in [0.5, 0.6) is 0 Å². The average molecular weight is 340 g/mol. The van der Waals surface area contributed by atoms with Gasteiger partial charge in [0.05, 0.1) is 23.5 Å². The lowest BCUT2D eigenvalue weighted by atomic mass is 10.3. The molecule has 7 nitrogen and oxygen atoms in total. The summed E-state index contributed by atoms with van der Waals surface area (Å²) in [5, 5.41) is 6.93. The summed E-state index contributed by atoms with van der Waals surface area (Å²) in [6, 6.07) is 2.21. The minimum absolute atomic E-state index is 0.216. The van der Waals surface area contributed by atoms with Crippen molar-refractivity contribution in [2.45, 2.75) is 49.9 Å². The van der Waals surface area contributed by atoms with E-state index in [-0.39, 0.29) is 12.6 Å². The molecule has 2 heterocycles. The Bertz CT molecular complexity index is 664. The number of likely N-dealkylation sites (tertiary alicyclic amines) is 1. The van der Waals surface area contributed by atoms with Gasteiger partial charge in [0.25, 0.3) is 0 Å². The molecule has 0 aromatic carbocycles. The van der Waals surface area contributed by atoms with E-state index in [1.165, 1.54) is 31.9 Å². The maximum atomic E-state index is 12.1. The van der Waals surface area contributed by atoms with Crippen molar-refractivity contribution in [2.75, 3.05) is 19.3 Å². The number of hydrogen-bond acceptors (Lipinski definition) is 4. The Morgan fingerprint density at radius 1 is 1.35 bits per heavy atom. The second-order valence-corrected chi connectivity index (χ2v) is 8.90. The van der Waals surface area contributed by atoms with E-state index >= 15 is 0 Å². The smallest absolute Gasteiger partial charge is 0.317 e. The normalized spacial score (nSPS) is 22.7. The zero-order chi connectivity index (χ0) is 16.4. The van der Waals surface area contributed by atoms with Crippen molar-refractivity contribution in [3.8, 4) is 0 Å². The third kappa shape index (κ3) is 3.85. The first-order valence-corrected chi connectivity index (χ1v) is 10.1. The first kappa shape index (κ1) is 16.3. The molecule has 2 aliphatic rings. The highest BCUT2D eigenvalue weighted by Gasteiger charge is 2.32. The fraction of sp³-hybridized carbons (Fsp3) is 0.733. The van der Waals surface area contributed by atoms with Crippen LogP contribution in [0.25, 0.3) is 0 Å². The number of rotatable bonds is 4. The number of aromatic nitrogens is 2. The zero-order valence-electron chi connectivity index (χ0n) is 13.4. The summed E-state index contributed by atoms with van der Waals surface area (Å²) < 4.78 is 25.1. The molecule has 0 radical (unpaired) electrons. The number of carbonyl (C=O) groups excluding carboxylic acids is 1. The second kappa shape index (κ2) is 6.51. The molecule has 1 unspecified atom stereocenters. The van der Waals surface area contributed by atoms with Crippen LogP contribution in [0.1, 0.15) is 43.8 Å². The zero-order valence-corrected chi connectivity index (χ0v) is 14.3. The Morgan fingerprint density at radius 2 is 2.09 bits per heavy atom. The summed E-state index contributed by atoms with van der Waals surface area (Å²) in [7, 11) is -3.08. The first-order valence-electron chi connectivity index (χ1n) is 8.19. The summed E-state index contributed by atoms with van der Waals surface area (Å²) in [5.41, 5.74) is 0.837. The Kier molecular flexibility index (Phi) is 4.61. The van der Waals surface area contributed by atoms with E-state index in [9.17, 15) is 13.2 Å². The van der Waals surface area contributed by atoms with Crippen LogP contribution in [0.3, 0.4) is 0 Å². The number of nitrogens with one attached hydrogen (secondary N) is 1. The van der Waals surface area contributed by atoms with Gasteiger partial charge in [-0.05, 0) is 25.3 Å². The third-order valence-electron chi connectivity index (χ3n) is 4.82. The summed E-state index contributed by atoms with van der Waals surface area (Å²) >= 11 is 0. The van der Waals surface area contributed by atoms with Crippen LogP contribution in [0.4, 0.5) is 4.79 Å². The minimum Gasteiger partial charge on any atom is -0.332 e. The summed E-state index contributed by atoms with van der Waals surface area (Å²) in [6.45, 7) is 1.14. The molecule has 0 bridgehead atoms. The highest BCUT2D eigenvalue weighted by Crippen LogP contribution is 2.28. The van der Waals surface area contributed by atoms with Crippen LogP contribution in [-0.2, 0) is 16.4 Å². The van der Waals surface area contributed by atoms with E-state index in [1.807, 2.05) is 16.9 Å². The van der Waals surface area contributed by atoms with Crippen LogP contribution in [0.2, 0.25) is 0 Å². The van der Waals surface area contributed by atoms with Gasteiger partial charge in [-0.15, -0.1) is 0 Å². The highest BCUT2D eigenvalue weighted by atomic mass is 32.2. The Morgan fingerprint density at radius 3 is 2.74 bits per heavy atom. The highest BCUT2D eigenvalue weighted by molar-refractivity contribution is 7.91. The molecule has 8 heteroatoms. The fourth-order valence-corrected chi connectivity index (χ4v) is 4.37. The first-order chi connectivity index (χ1) is 10.9. The SMILES string of the molecule is CS(=O)(=O)C1CCN(C(=O)NCc2ccn(C3CCCC3)n2)C1. The molecular formula is C15H24N4O3S. The summed E-state index contributed by atoms with van der Waals surface area (Å²) in [5.74, 6) is 0. The topological polar surface area (TPSA) is 84.3 Å². The van der Waals surface area contributed by atoms with Crippen molar-refractivity contribution in [1.29, 1.82) is 0 Å². The van der Waals surface area contributed by atoms with Gasteiger partial charge in [0.2, 0.25) is 0 Å². The van der Waals surface area contributed by atoms with Crippen LogP contribution in [0.15, 0.2) is 12.3 Å². The molecule has 1 aliphatic heterocycles. The fourth-order valence-electron chi connectivity index (χ4n) is 3.38. The maximum Gasteiger partial charge on any atom is 0.317 e. The molecule has 3 rings (SSSR count). The molecule has 1 saturated carbocycles. The number of amides is 2. The van der Waals surface area contributed by atoms with Crippen LogP contribution in [0, 0.1) is 0 Å². The summed E-state index contributed by atoms with van der Waals surface area (Å²) in [6.07, 6.45) is 8.59. The largest absolute Gasteiger partial charge is 0.332 e. The van der Waals surface area contributed by atoms with Crippen molar-refractivity contribution >= 4 is 15.9 Å². The molecule has 1 N–H and O–H groups in total. The molecule has 2 amide bonds. The van der Waals surface area contributed by atoms with Gasteiger partial charge in [0.15, 0.2) is 9.84 Å². The molecule has 1 aliphatic carbocycles. The Labute approximate surface area is 137 Å². The number of sulfone groups is 1. The monoisotopic (exact) mass is 340 g/mol. The lowest BCUT2D eigenvalue weighted by Gasteiger charge is -2.16. The number of nitrogens with zero attached hydrogens (tertiary/aromatic N) is 3. The molecule has 2 fully saturated rings. The molecule has 1 atom stereocenters. The van der Waals surface area contributed by atoms with Crippen LogP contribution < -0.4 is 5.32 Å². The molecular weight excluding hydrogens is 316 g/mol.